The number of aromatic nitrogens is 2. The number of hydrogen-bond acceptors (Lipinski definition) is 3. The molecule has 3 aromatic rings. The minimum absolute atomic E-state index is 0.835. The van der Waals surface area contributed by atoms with Crippen LogP contribution in [0.1, 0.15) is 67.5 Å². The number of benzene rings is 1. The number of nitrogens with zero attached hydrogens (tertiary/aromatic N) is 2. The van der Waals surface area contributed by atoms with Crippen LogP contribution in [0.5, 0.6) is 0 Å². The molecule has 2 heterocycles. The highest BCUT2D eigenvalue weighted by atomic mass is 32.1. The van der Waals surface area contributed by atoms with Crippen LogP contribution in [0.3, 0.4) is 0 Å². The molecular weight excluding hydrogens is 396 g/mol. The highest BCUT2D eigenvalue weighted by Crippen LogP contribution is 2.36. The summed E-state index contributed by atoms with van der Waals surface area (Å²) in [7, 11) is 0. The highest BCUT2D eigenvalue weighted by molar-refractivity contribution is 7.09. The van der Waals surface area contributed by atoms with Gasteiger partial charge in [0.25, 0.3) is 0 Å². The first-order chi connectivity index (χ1) is 15.2. The Kier molecular flexibility index (Phi) is 8.36. The van der Waals surface area contributed by atoms with Crippen LogP contribution in [-0.2, 0) is 32.1 Å². The average molecular weight is 431 g/mol. The van der Waals surface area contributed by atoms with Crippen molar-refractivity contribution in [2.75, 3.05) is 0 Å². The molecule has 3 rings (SSSR count). The predicted molar refractivity (Wildman–Crippen MR) is 136 cm³/mol. The van der Waals surface area contributed by atoms with E-state index in [1.54, 1.807) is 11.5 Å². The van der Waals surface area contributed by atoms with Crippen LogP contribution >= 0.6 is 11.5 Å². The van der Waals surface area contributed by atoms with Gasteiger partial charge in [-0.15, -0.1) is 6.58 Å². The van der Waals surface area contributed by atoms with Gasteiger partial charge in [-0.1, -0.05) is 39.8 Å². The second-order valence-corrected chi connectivity index (χ2v) is 8.63. The minimum Gasteiger partial charge on any atom is -0.264 e. The third-order valence-corrected chi connectivity index (χ3v) is 6.90. The van der Waals surface area contributed by atoms with Gasteiger partial charge in [-0.2, -0.15) is 4.37 Å². The van der Waals surface area contributed by atoms with E-state index >= 15 is 0 Å². The Morgan fingerprint density at radius 1 is 0.935 bits per heavy atom. The fourth-order valence-electron chi connectivity index (χ4n) is 4.37. The molecule has 0 amide bonds. The summed E-state index contributed by atoms with van der Waals surface area (Å²) >= 11 is 1.60. The van der Waals surface area contributed by atoms with Gasteiger partial charge in [0.1, 0.15) is 0 Å². The molecule has 2 aromatic heterocycles. The summed E-state index contributed by atoms with van der Waals surface area (Å²) in [6.45, 7) is 13.0. The van der Waals surface area contributed by atoms with E-state index in [4.69, 9.17) is 0 Å². The number of allylic oxidation sites excluding steroid dienone is 3. The third kappa shape index (κ3) is 5.22. The largest absolute Gasteiger partial charge is 0.264 e. The lowest BCUT2D eigenvalue weighted by molar-refractivity contribution is 0.982. The third-order valence-electron chi connectivity index (χ3n) is 6.05. The summed E-state index contributed by atoms with van der Waals surface area (Å²) in [5.41, 5.74) is 10.9. The first kappa shape index (κ1) is 23.1. The van der Waals surface area contributed by atoms with Crippen LogP contribution in [0.25, 0.3) is 16.0 Å². The predicted octanol–water partition coefficient (Wildman–Crippen LogP) is 7.66. The molecule has 0 N–H and O–H groups in total. The molecule has 0 fully saturated rings. The Labute approximate surface area is 191 Å². The maximum Gasteiger partial charge on any atom is 0.0625 e. The lowest BCUT2D eigenvalue weighted by atomic mass is 9.91. The van der Waals surface area contributed by atoms with E-state index in [1.807, 2.05) is 24.7 Å². The van der Waals surface area contributed by atoms with Gasteiger partial charge in [-0.05, 0) is 107 Å². The lowest BCUT2D eigenvalue weighted by Crippen LogP contribution is -1.99. The molecule has 162 valence electrons. The van der Waals surface area contributed by atoms with Crippen LogP contribution in [0.2, 0.25) is 0 Å². The van der Waals surface area contributed by atoms with Crippen molar-refractivity contribution in [1.29, 1.82) is 0 Å². The summed E-state index contributed by atoms with van der Waals surface area (Å²) in [6.07, 6.45) is 16.2. The second kappa shape index (κ2) is 11.2. The first-order valence-electron chi connectivity index (χ1n) is 11.5. The summed E-state index contributed by atoms with van der Waals surface area (Å²) in [5.74, 6) is 0. The summed E-state index contributed by atoms with van der Waals surface area (Å²) in [4.78, 5) is 5.61. The monoisotopic (exact) mass is 430 g/mol. The topological polar surface area (TPSA) is 25.8 Å². The molecule has 0 aliphatic carbocycles. The van der Waals surface area contributed by atoms with Crippen LogP contribution in [0, 0.1) is 0 Å². The zero-order chi connectivity index (χ0) is 22.2. The van der Waals surface area contributed by atoms with Gasteiger partial charge < -0.3 is 0 Å². The van der Waals surface area contributed by atoms with Crippen molar-refractivity contribution in [2.24, 2.45) is 0 Å². The van der Waals surface area contributed by atoms with Gasteiger partial charge in [-0.3, -0.25) is 4.98 Å². The molecule has 0 saturated heterocycles. The normalized spacial score (nSPS) is 11.7. The minimum atomic E-state index is 0.835. The zero-order valence-corrected chi connectivity index (χ0v) is 20.2. The van der Waals surface area contributed by atoms with Crippen molar-refractivity contribution in [3.63, 3.8) is 0 Å². The van der Waals surface area contributed by atoms with Gasteiger partial charge in [0.2, 0.25) is 0 Å². The van der Waals surface area contributed by atoms with Crippen LogP contribution in [-0.4, -0.2) is 9.36 Å². The molecule has 0 saturated carbocycles. The summed E-state index contributed by atoms with van der Waals surface area (Å²) in [6, 6.07) is 6.90. The molecule has 0 bridgehead atoms. The SMILES string of the molecule is C=CC/C(=C\Cc1cnccc1CC)c1cnsc1-c1cc(CC)c(CC)c(CC)c1. The van der Waals surface area contributed by atoms with Gasteiger partial charge in [0.15, 0.2) is 0 Å². The number of rotatable bonds is 10. The summed E-state index contributed by atoms with van der Waals surface area (Å²) < 4.78 is 4.60. The molecule has 3 heteroatoms. The number of aryl methyl sites for hydroxylation is 3. The van der Waals surface area contributed by atoms with Crippen LogP contribution in [0.15, 0.2) is 55.5 Å². The van der Waals surface area contributed by atoms with E-state index in [0.29, 0.717) is 0 Å². The van der Waals surface area contributed by atoms with E-state index in [0.717, 1.165) is 38.5 Å². The van der Waals surface area contributed by atoms with Crippen LogP contribution < -0.4 is 0 Å². The molecule has 31 heavy (non-hydrogen) atoms. The van der Waals surface area contributed by atoms with E-state index in [9.17, 15) is 0 Å². The fraction of sp³-hybridized carbons (Fsp3) is 0.357. The molecule has 0 spiro atoms. The van der Waals surface area contributed by atoms with Crippen molar-refractivity contribution >= 4 is 17.1 Å². The maximum absolute atomic E-state index is 4.60. The molecule has 0 aliphatic rings. The van der Waals surface area contributed by atoms with Crippen molar-refractivity contribution in [2.45, 2.75) is 66.2 Å². The molecule has 0 unspecified atom stereocenters. The van der Waals surface area contributed by atoms with Crippen molar-refractivity contribution in [3.8, 4) is 10.4 Å². The lowest BCUT2D eigenvalue weighted by Gasteiger charge is -2.15. The van der Waals surface area contributed by atoms with E-state index in [-0.39, 0.29) is 0 Å². The highest BCUT2D eigenvalue weighted by Gasteiger charge is 2.15. The Bertz CT molecular complexity index is 1030. The Morgan fingerprint density at radius 2 is 1.65 bits per heavy atom. The van der Waals surface area contributed by atoms with Gasteiger partial charge >= 0.3 is 0 Å². The first-order valence-corrected chi connectivity index (χ1v) is 12.3. The molecule has 0 atom stereocenters. The number of pyridine rings is 1. The Morgan fingerprint density at radius 3 is 2.26 bits per heavy atom. The molecule has 0 aliphatic heterocycles. The van der Waals surface area contributed by atoms with E-state index in [2.05, 4.69) is 67.9 Å². The maximum atomic E-state index is 4.60. The van der Waals surface area contributed by atoms with Crippen molar-refractivity contribution in [3.05, 3.63) is 88.9 Å². The molecular formula is C28H34N2S. The molecule has 0 radical (unpaired) electrons. The van der Waals surface area contributed by atoms with E-state index < -0.39 is 0 Å². The van der Waals surface area contributed by atoms with Gasteiger partial charge in [-0.25, -0.2) is 0 Å². The van der Waals surface area contributed by atoms with Gasteiger partial charge in [0, 0.05) is 24.2 Å². The van der Waals surface area contributed by atoms with E-state index in [1.165, 1.54) is 49.4 Å². The fourth-order valence-corrected chi connectivity index (χ4v) is 5.14. The van der Waals surface area contributed by atoms with Crippen molar-refractivity contribution < 1.29 is 0 Å². The standard InChI is InChI=1S/C28H34N2S/c1-6-11-23(12-13-24-18-29-15-14-20(24)7-2)27-19-30-31-28(27)25-16-21(8-3)26(10-5)22(9-4)17-25/h6,12,14-19H,1,7-11,13H2,2-5H3/b23-12+. The van der Waals surface area contributed by atoms with Gasteiger partial charge in [0.05, 0.1) is 4.88 Å². The average Bonchev–Trinajstić information content (AvgIpc) is 3.30. The Balaban J connectivity index is 2.04. The smallest absolute Gasteiger partial charge is 0.0625 e. The molecule has 1 aromatic carbocycles. The quantitative estimate of drug-likeness (QED) is 0.309. The Hall–Kier alpha value is -2.52. The van der Waals surface area contributed by atoms with Crippen molar-refractivity contribution in [1.82, 2.24) is 9.36 Å². The summed E-state index contributed by atoms with van der Waals surface area (Å²) in [5, 5.41) is 0. The van der Waals surface area contributed by atoms with Crippen LogP contribution in [0.4, 0.5) is 0 Å². The zero-order valence-electron chi connectivity index (χ0n) is 19.4. The number of hydrogen-bond donors (Lipinski definition) is 0. The molecule has 2 nitrogen and oxygen atoms in total. The second-order valence-electron chi connectivity index (χ2n) is 7.83.